The van der Waals surface area contributed by atoms with Crippen molar-refractivity contribution in [3.8, 4) is 0 Å². The van der Waals surface area contributed by atoms with Crippen LogP contribution >= 0.6 is 11.6 Å². The number of aryl methyl sites for hydroxylation is 1. The molecule has 5 nitrogen and oxygen atoms in total. The van der Waals surface area contributed by atoms with Crippen molar-refractivity contribution in [2.24, 2.45) is 7.05 Å². The number of halogens is 1. The lowest BCUT2D eigenvalue weighted by molar-refractivity contribution is 0.252. The van der Waals surface area contributed by atoms with Crippen LogP contribution in [0.15, 0.2) is 6.07 Å². The Morgan fingerprint density at radius 1 is 1.71 bits per heavy atom. The molecule has 0 unspecified atom stereocenters. The van der Waals surface area contributed by atoms with Crippen LogP contribution in [0.2, 0.25) is 0 Å². The van der Waals surface area contributed by atoms with E-state index in [9.17, 15) is 4.79 Å². The van der Waals surface area contributed by atoms with Crippen molar-refractivity contribution in [1.82, 2.24) is 15.1 Å². The summed E-state index contributed by atoms with van der Waals surface area (Å²) in [7, 11) is 1.78. The topological polar surface area (TPSA) is 59.0 Å². The number of urea groups is 1. The second kappa shape index (κ2) is 4.85. The van der Waals surface area contributed by atoms with Gasteiger partial charge < -0.3 is 5.32 Å². The van der Waals surface area contributed by atoms with Crippen molar-refractivity contribution >= 4 is 23.4 Å². The quantitative estimate of drug-likeness (QED) is 0.749. The van der Waals surface area contributed by atoms with Gasteiger partial charge in [-0.15, -0.1) is 11.6 Å². The van der Waals surface area contributed by atoms with E-state index in [-0.39, 0.29) is 6.03 Å². The fourth-order valence-corrected chi connectivity index (χ4v) is 1.26. The van der Waals surface area contributed by atoms with Gasteiger partial charge in [0.1, 0.15) is 0 Å². The maximum Gasteiger partial charge on any atom is 0.320 e. The van der Waals surface area contributed by atoms with Crippen LogP contribution in [0.5, 0.6) is 0 Å². The smallest absolute Gasteiger partial charge is 0.320 e. The van der Waals surface area contributed by atoms with Crippen LogP contribution in [-0.2, 0) is 12.9 Å². The Bertz CT molecular complexity index is 323. The molecule has 0 saturated heterocycles. The van der Waals surface area contributed by atoms with Crippen molar-refractivity contribution in [1.29, 1.82) is 0 Å². The molecule has 1 heterocycles. The van der Waals surface area contributed by atoms with Crippen molar-refractivity contribution in [2.75, 3.05) is 11.9 Å². The summed E-state index contributed by atoms with van der Waals surface area (Å²) >= 11 is 5.65. The van der Waals surface area contributed by atoms with E-state index in [0.717, 1.165) is 5.69 Å². The Balaban J connectivity index is 2.63. The standard InChI is InChI=1S/C8H13ClN4O/c1-3-10-8(14)11-7-4-6(5-9)13(2)12-7/h4H,3,5H2,1-2H3,(H2,10,11,12,14). The molecule has 78 valence electrons. The molecule has 2 amide bonds. The zero-order valence-corrected chi connectivity index (χ0v) is 8.93. The first kappa shape index (κ1) is 10.8. The Labute approximate surface area is 87.4 Å². The fourth-order valence-electron chi connectivity index (χ4n) is 1.01. The minimum atomic E-state index is -0.258. The third-order valence-corrected chi connectivity index (χ3v) is 1.97. The molecule has 0 fully saturated rings. The summed E-state index contributed by atoms with van der Waals surface area (Å²) in [6, 6.07) is 1.48. The monoisotopic (exact) mass is 216 g/mol. The number of amides is 2. The molecule has 2 N–H and O–H groups in total. The highest BCUT2D eigenvalue weighted by Gasteiger charge is 2.06. The Hall–Kier alpha value is -1.23. The molecule has 0 aliphatic carbocycles. The molecule has 0 aromatic carbocycles. The van der Waals surface area contributed by atoms with E-state index in [1.807, 2.05) is 6.92 Å². The first-order valence-electron chi connectivity index (χ1n) is 4.31. The number of hydrogen-bond donors (Lipinski definition) is 2. The Morgan fingerprint density at radius 3 is 2.93 bits per heavy atom. The third-order valence-electron chi connectivity index (χ3n) is 1.69. The van der Waals surface area contributed by atoms with Gasteiger partial charge in [0.2, 0.25) is 0 Å². The summed E-state index contributed by atoms with van der Waals surface area (Å²) in [5, 5.41) is 9.27. The van der Waals surface area contributed by atoms with E-state index < -0.39 is 0 Å². The van der Waals surface area contributed by atoms with Crippen LogP contribution in [0.25, 0.3) is 0 Å². The Kier molecular flexibility index (Phi) is 3.76. The first-order chi connectivity index (χ1) is 6.67. The van der Waals surface area contributed by atoms with Crippen LogP contribution in [0.3, 0.4) is 0 Å². The first-order valence-corrected chi connectivity index (χ1v) is 4.84. The molecular formula is C8H13ClN4O. The van der Waals surface area contributed by atoms with E-state index in [1.165, 1.54) is 0 Å². The second-order valence-corrected chi connectivity index (χ2v) is 3.03. The zero-order chi connectivity index (χ0) is 10.6. The van der Waals surface area contributed by atoms with Crippen LogP contribution in [0.1, 0.15) is 12.6 Å². The Morgan fingerprint density at radius 2 is 2.43 bits per heavy atom. The SMILES string of the molecule is CCNC(=O)Nc1cc(CCl)n(C)n1. The lowest BCUT2D eigenvalue weighted by Crippen LogP contribution is -2.28. The molecule has 14 heavy (non-hydrogen) atoms. The van der Waals surface area contributed by atoms with E-state index in [0.29, 0.717) is 18.2 Å². The number of anilines is 1. The van der Waals surface area contributed by atoms with Gasteiger partial charge in [-0.05, 0) is 6.92 Å². The average molecular weight is 217 g/mol. The molecule has 0 saturated carbocycles. The minimum Gasteiger partial charge on any atom is -0.338 e. The van der Waals surface area contributed by atoms with Crippen molar-refractivity contribution in [3.05, 3.63) is 11.8 Å². The lowest BCUT2D eigenvalue weighted by atomic mass is 10.4. The maximum atomic E-state index is 11.1. The molecule has 0 aliphatic rings. The molecule has 0 aliphatic heterocycles. The van der Waals surface area contributed by atoms with Crippen molar-refractivity contribution in [3.63, 3.8) is 0 Å². The molecule has 1 rings (SSSR count). The van der Waals surface area contributed by atoms with Gasteiger partial charge in [0, 0.05) is 19.7 Å². The van der Waals surface area contributed by atoms with Crippen LogP contribution in [0.4, 0.5) is 10.6 Å². The highest BCUT2D eigenvalue weighted by Crippen LogP contribution is 2.09. The number of carbonyl (C=O) groups excluding carboxylic acids is 1. The van der Waals surface area contributed by atoms with Gasteiger partial charge in [0.25, 0.3) is 0 Å². The van der Waals surface area contributed by atoms with Gasteiger partial charge in [-0.25, -0.2) is 4.79 Å². The third kappa shape index (κ3) is 2.63. The molecule has 6 heteroatoms. The summed E-state index contributed by atoms with van der Waals surface area (Å²) in [6.45, 7) is 2.43. The van der Waals surface area contributed by atoms with E-state index in [2.05, 4.69) is 15.7 Å². The summed E-state index contributed by atoms with van der Waals surface area (Å²) in [5.74, 6) is 0.884. The van der Waals surface area contributed by atoms with Crippen LogP contribution in [0, 0.1) is 0 Å². The van der Waals surface area contributed by atoms with Crippen LogP contribution in [-0.4, -0.2) is 22.4 Å². The molecular weight excluding hydrogens is 204 g/mol. The van der Waals surface area contributed by atoms with E-state index in [4.69, 9.17) is 11.6 Å². The van der Waals surface area contributed by atoms with Gasteiger partial charge in [0.15, 0.2) is 5.82 Å². The summed E-state index contributed by atoms with van der Waals surface area (Å²) in [5.41, 5.74) is 0.860. The molecule has 0 radical (unpaired) electrons. The number of nitrogens with one attached hydrogen (secondary N) is 2. The largest absolute Gasteiger partial charge is 0.338 e. The van der Waals surface area contributed by atoms with Crippen molar-refractivity contribution in [2.45, 2.75) is 12.8 Å². The second-order valence-electron chi connectivity index (χ2n) is 2.76. The number of rotatable bonds is 3. The predicted octanol–water partition coefficient (Wildman–Crippen LogP) is 1.30. The highest BCUT2D eigenvalue weighted by molar-refractivity contribution is 6.16. The van der Waals surface area contributed by atoms with E-state index >= 15 is 0 Å². The molecule has 1 aromatic heterocycles. The number of carbonyl (C=O) groups is 1. The van der Waals surface area contributed by atoms with Gasteiger partial charge in [-0.3, -0.25) is 10.00 Å². The average Bonchev–Trinajstić information content (AvgIpc) is 2.46. The normalized spacial score (nSPS) is 9.93. The summed E-state index contributed by atoms with van der Waals surface area (Å²) in [6.07, 6.45) is 0. The summed E-state index contributed by atoms with van der Waals surface area (Å²) in [4.78, 5) is 11.1. The van der Waals surface area contributed by atoms with Crippen LogP contribution < -0.4 is 10.6 Å². The zero-order valence-electron chi connectivity index (χ0n) is 8.17. The minimum absolute atomic E-state index is 0.258. The number of alkyl halides is 1. The highest BCUT2D eigenvalue weighted by atomic mass is 35.5. The molecule has 0 spiro atoms. The number of aromatic nitrogens is 2. The lowest BCUT2D eigenvalue weighted by Gasteiger charge is -2.00. The predicted molar refractivity (Wildman–Crippen MR) is 55.5 cm³/mol. The summed E-state index contributed by atoms with van der Waals surface area (Å²) < 4.78 is 1.63. The van der Waals surface area contributed by atoms with Crippen molar-refractivity contribution < 1.29 is 4.79 Å². The van der Waals surface area contributed by atoms with Gasteiger partial charge in [-0.1, -0.05) is 0 Å². The number of nitrogens with zero attached hydrogens (tertiary/aromatic N) is 2. The molecule has 1 aromatic rings. The number of hydrogen-bond acceptors (Lipinski definition) is 2. The van der Waals surface area contributed by atoms with E-state index in [1.54, 1.807) is 17.8 Å². The van der Waals surface area contributed by atoms with Gasteiger partial charge in [-0.2, -0.15) is 5.10 Å². The molecule has 0 bridgehead atoms. The fraction of sp³-hybridized carbons (Fsp3) is 0.500. The maximum absolute atomic E-state index is 11.1. The molecule has 0 atom stereocenters. The van der Waals surface area contributed by atoms with Gasteiger partial charge >= 0.3 is 6.03 Å². The van der Waals surface area contributed by atoms with Gasteiger partial charge in [0.05, 0.1) is 11.6 Å².